The zero-order chi connectivity index (χ0) is 17.1. The maximum atomic E-state index is 12.8. The lowest BCUT2D eigenvalue weighted by Gasteiger charge is -2.12. The third-order valence-corrected chi connectivity index (χ3v) is 6.05. The van der Waals surface area contributed by atoms with Gasteiger partial charge in [-0.15, -0.1) is 11.3 Å². The summed E-state index contributed by atoms with van der Waals surface area (Å²) in [6, 6.07) is 8.98. The van der Waals surface area contributed by atoms with Crippen molar-refractivity contribution in [3.05, 3.63) is 54.9 Å². The minimum absolute atomic E-state index is 0.0829. The van der Waals surface area contributed by atoms with Crippen molar-refractivity contribution in [3.63, 3.8) is 0 Å². The van der Waals surface area contributed by atoms with Crippen LogP contribution in [0.1, 0.15) is 4.88 Å². The van der Waals surface area contributed by atoms with Crippen LogP contribution in [0.15, 0.2) is 40.3 Å². The van der Waals surface area contributed by atoms with Crippen LogP contribution in [-0.2, 0) is 17.0 Å². The highest BCUT2D eigenvalue weighted by molar-refractivity contribution is 7.98. The Labute approximate surface area is 157 Å². The monoisotopic (exact) mass is 400 g/mol. The van der Waals surface area contributed by atoms with Crippen molar-refractivity contribution in [2.45, 2.75) is 17.5 Å². The zero-order valence-electron chi connectivity index (χ0n) is 12.8. The first kappa shape index (κ1) is 17.8. The molecule has 24 heavy (non-hydrogen) atoms. The standard InChI is InChI=1S/C16H14Cl2N2O2S2/c1-22-7-6-20-15(21)12-4-2-10(17)8-13(12)19-16(20)23-9-11-3-5-14(18)24-11/h2-5,8H,6-7,9H2,1H3. The van der Waals surface area contributed by atoms with Crippen LogP contribution in [0.2, 0.25) is 9.36 Å². The van der Waals surface area contributed by atoms with Crippen molar-refractivity contribution >= 4 is 57.2 Å². The Kier molecular flexibility index (Phi) is 5.84. The number of benzene rings is 1. The molecule has 0 saturated carbocycles. The molecule has 0 spiro atoms. The van der Waals surface area contributed by atoms with E-state index in [0.29, 0.717) is 40.0 Å². The molecule has 0 atom stereocenters. The number of rotatable bonds is 6. The van der Waals surface area contributed by atoms with E-state index < -0.39 is 0 Å². The van der Waals surface area contributed by atoms with Crippen molar-refractivity contribution in [2.75, 3.05) is 13.7 Å². The molecule has 2 heterocycles. The van der Waals surface area contributed by atoms with E-state index in [2.05, 4.69) is 4.98 Å². The lowest BCUT2D eigenvalue weighted by molar-refractivity contribution is 0.183. The average Bonchev–Trinajstić information content (AvgIpc) is 2.97. The summed E-state index contributed by atoms with van der Waals surface area (Å²) in [5.74, 6) is 0.697. The van der Waals surface area contributed by atoms with Gasteiger partial charge in [-0.25, -0.2) is 4.98 Å². The molecule has 0 aliphatic rings. The van der Waals surface area contributed by atoms with Gasteiger partial charge in [-0.3, -0.25) is 9.36 Å². The minimum atomic E-state index is -0.0829. The molecule has 0 bridgehead atoms. The van der Waals surface area contributed by atoms with E-state index >= 15 is 0 Å². The number of nitrogens with zero attached hydrogens (tertiary/aromatic N) is 2. The quantitative estimate of drug-likeness (QED) is 0.444. The summed E-state index contributed by atoms with van der Waals surface area (Å²) in [5, 5.41) is 1.76. The van der Waals surface area contributed by atoms with Crippen molar-refractivity contribution in [1.29, 1.82) is 0 Å². The van der Waals surface area contributed by atoms with Crippen molar-refractivity contribution in [1.82, 2.24) is 9.55 Å². The Balaban J connectivity index is 2.00. The molecule has 3 aromatic rings. The summed E-state index contributed by atoms with van der Waals surface area (Å²) >= 11 is 15.0. The van der Waals surface area contributed by atoms with Crippen molar-refractivity contribution in [2.24, 2.45) is 0 Å². The summed E-state index contributed by atoms with van der Waals surface area (Å²) in [4.78, 5) is 18.5. The third kappa shape index (κ3) is 3.95. The zero-order valence-corrected chi connectivity index (χ0v) is 15.9. The van der Waals surface area contributed by atoms with E-state index in [9.17, 15) is 4.79 Å². The second kappa shape index (κ2) is 7.89. The Bertz CT molecular complexity index is 924. The maximum Gasteiger partial charge on any atom is 0.262 e. The van der Waals surface area contributed by atoms with E-state index in [4.69, 9.17) is 27.9 Å². The summed E-state index contributed by atoms with van der Waals surface area (Å²) in [6.07, 6.45) is 0. The Hall–Kier alpha value is -1.05. The molecule has 0 aliphatic heterocycles. The first-order chi connectivity index (χ1) is 11.6. The SMILES string of the molecule is COCCn1c(SCc2ccc(Cl)s2)nc2cc(Cl)ccc2c1=O. The summed E-state index contributed by atoms with van der Waals surface area (Å²) in [6.45, 7) is 0.896. The van der Waals surface area contributed by atoms with Crippen molar-refractivity contribution < 1.29 is 4.74 Å². The van der Waals surface area contributed by atoms with Crippen LogP contribution < -0.4 is 5.56 Å². The molecule has 2 aromatic heterocycles. The first-order valence-electron chi connectivity index (χ1n) is 7.14. The predicted octanol–water partition coefficient (Wildman–Crippen LogP) is 4.70. The fourth-order valence-corrected chi connectivity index (χ4v) is 4.55. The number of halogens is 2. The van der Waals surface area contributed by atoms with Gasteiger partial charge in [0.05, 0.1) is 28.4 Å². The average molecular weight is 401 g/mol. The van der Waals surface area contributed by atoms with Crippen molar-refractivity contribution in [3.8, 4) is 0 Å². The van der Waals surface area contributed by atoms with E-state index in [1.165, 1.54) is 23.1 Å². The molecular formula is C16H14Cl2N2O2S2. The first-order valence-corrected chi connectivity index (χ1v) is 9.70. The Morgan fingerprint density at radius 3 is 2.83 bits per heavy atom. The van der Waals surface area contributed by atoms with Gasteiger partial charge in [0.1, 0.15) is 0 Å². The third-order valence-electron chi connectivity index (χ3n) is 3.37. The molecule has 8 heteroatoms. The summed E-state index contributed by atoms with van der Waals surface area (Å²) in [5.41, 5.74) is 0.522. The molecular weight excluding hydrogens is 387 g/mol. The molecule has 0 unspecified atom stereocenters. The number of aromatic nitrogens is 2. The highest BCUT2D eigenvalue weighted by atomic mass is 35.5. The lowest BCUT2D eigenvalue weighted by Crippen LogP contribution is -2.25. The van der Waals surface area contributed by atoms with E-state index in [0.717, 1.165) is 9.21 Å². The smallest absolute Gasteiger partial charge is 0.262 e. The number of ether oxygens (including phenoxy) is 1. The van der Waals surface area contributed by atoms with Crippen LogP contribution in [0.5, 0.6) is 0 Å². The number of thiophene rings is 1. The Morgan fingerprint density at radius 1 is 1.29 bits per heavy atom. The van der Waals surface area contributed by atoms with Gasteiger partial charge >= 0.3 is 0 Å². The number of thioether (sulfide) groups is 1. The number of fused-ring (bicyclic) bond motifs is 1. The highest BCUT2D eigenvalue weighted by Crippen LogP contribution is 2.28. The van der Waals surface area contributed by atoms with Crippen LogP contribution in [0, 0.1) is 0 Å². The highest BCUT2D eigenvalue weighted by Gasteiger charge is 2.12. The fourth-order valence-electron chi connectivity index (χ4n) is 2.23. The minimum Gasteiger partial charge on any atom is -0.383 e. The van der Waals surface area contributed by atoms with Gasteiger partial charge in [0, 0.05) is 22.8 Å². The molecule has 3 rings (SSSR count). The van der Waals surface area contributed by atoms with E-state index in [-0.39, 0.29) is 5.56 Å². The molecule has 1 aromatic carbocycles. The van der Waals surface area contributed by atoms with Gasteiger partial charge in [0.25, 0.3) is 5.56 Å². The van der Waals surface area contributed by atoms with Crippen LogP contribution in [0.3, 0.4) is 0 Å². The van der Waals surface area contributed by atoms with Gasteiger partial charge in [0.15, 0.2) is 5.16 Å². The molecule has 0 amide bonds. The van der Waals surface area contributed by atoms with Gasteiger partial charge in [-0.1, -0.05) is 35.0 Å². The molecule has 0 aliphatic carbocycles. The van der Waals surface area contributed by atoms with Gasteiger partial charge in [-0.2, -0.15) is 0 Å². The van der Waals surface area contributed by atoms with E-state index in [1.807, 2.05) is 12.1 Å². The summed E-state index contributed by atoms with van der Waals surface area (Å²) in [7, 11) is 1.61. The van der Waals surface area contributed by atoms with Crippen LogP contribution in [-0.4, -0.2) is 23.3 Å². The number of methoxy groups -OCH3 is 1. The van der Waals surface area contributed by atoms with Gasteiger partial charge in [0.2, 0.25) is 0 Å². The van der Waals surface area contributed by atoms with Crippen LogP contribution in [0.25, 0.3) is 10.9 Å². The normalized spacial score (nSPS) is 11.3. The molecule has 4 nitrogen and oxygen atoms in total. The largest absolute Gasteiger partial charge is 0.383 e. The van der Waals surface area contributed by atoms with Crippen LogP contribution in [0.4, 0.5) is 0 Å². The topological polar surface area (TPSA) is 44.1 Å². The molecule has 0 radical (unpaired) electrons. The second-order valence-corrected chi connectivity index (χ2v) is 8.18. The number of hydrogen-bond donors (Lipinski definition) is 0. The van der Waals surface area contributed by atoms with Gasteiger partial charge < -0.3 is 4.74 Å². The number of hydrogen-bond acceptors (Lipinski definition) is 5. The van der Waals surface area contributed by atoms with Gasteiger partial charge in [-0.05, 0) is 30.3 Å². The molecule has 0 saturated heterocycles. The lowest BCUT2D eigenvalue weighted by atomic mass is 10.2. The van der Waals surface area contributed by atoms with Crippen LogP contribution >= 0.6 is 46.3 Å². The molecule has 0 fully saturated rings. The summed E-state index contributed by atoms with van der Waals surface area (Å²) < 4.78 is 7.52. The maximum absolute atomic E-state index is 12.8. The predicted molar refractivity (Wildman–Crippen MR) is 102 cm³/mol. The molecule has 0 N–H and O–H groups in total. The second-order valence-electron chi connectivity index (χ2n) is 5.00. The van der Waals surface area contributed by atoms with E-state index in [1.54, 1.807) is 29.9 Å². The Morgan fingerprint density at radius 2 is 2.12 bits per heavy atom. The fraction of sp³-hybridized carbons (Fsp3) is 0.250. The molecule has 126 valence electrons.